The summed E-state index contributed by atoms with van der Waals surface area (Å²) in [5.41, 5.74) is 5.26. The Morgan fingerprint density at radius 1 is 1.00 bits per heavy atom. The Hall–Kier alpha value is -3.84. The van der Waals surface area contributed by atoms with Gasteiger partial charge in [-0.2, -0.15) is 0 Å². The molecule has 0 spiro atoms. The molecular formula is C27H26ClN5O2. The Balaban J connectivity index is 1.24. The number of imidazole rings is 1. The van der Waals surface area contributed by atoms with Gasteiger partial charge in [-0.3, -0.25) is 9.59 Å². The third kappa shape index (κ3) is 5.30. The number of halogens is 1. The highest BCUT2D eigenvalue weighted by Crippen LogP contribution is 2.22. The second-order valence-electron chi connectivity index (χ2n) is 8.73. The Bertz CT molecular complexity index is 1370. The molecule has 5 rings (SSSR count). The molecule has 8 heteroatoms. The molecule has 7 nitrogen and oxygen atoms in total. The predicted molar refractivity (Wildman–Crippen MR) is 139 cm³/mol. The largest absolute Gasteiger partial charge is 0.368 e. The van der Waals surface area contributed by atoms with E-state index in [0.29, 0.717) is 25.1 Å². The second kappa shape index (κ2) is 9.80. The molecule has 3 aromatic carbocycles. The Labute approximate surface area is 208 Å². The number of amides is 2. The molecule has 1 fully saturated rings. The minimum Gasteiger partial charge on any atom is -0.368 e. The zero-order valence-corrected chi connectivity index (χ0v) is 20.2. The zero-order valence-electron chi connectivity index (χ0n) is 19.4. The topological polar surface area (TPSA) is 81.3 Å². The highest BCUT2D eigenvalue weighted by atomic mass is 35.5. The molecule has 4 aromatic rings. The summed E-state index contributed by atoms with van der Waals surface area (Å²) in [6.07, 6.45) is 0.629. The molecular weight excluding hydrogens is 462 g/mol. The van der Waals surface area contributed by atoms with Crippen molar-refractivity contribution in [2.75, 3.05) is 36.4 Å². The van der Waals surface area contributed by atoms with Gasteiger partial charge in [0.1, 0.15) is 5.82 Å². The molecule has 1 aliphatic rings. The van der Waals surface area contributed by atoms with Gasteiger partial charge in [-0.05, 0) is 54.1 Å². The molecule has 0 bridgehead atoms. The van der Waals surface area contributed by atoms with E-state index < -0.39 is 0 Å². The van der Waals surface area contributed by atoms with Gasteiger partial charge in [0.15, 0.2) is 0 Å². The van der Waals surface area contributed by atoms with Crippen molar-refractivity contribution in [3.05, 3.63) is 88.7 Å². The van der Waals surface area contributed by atoms with Crippen LogP contribution in [0.1, 0.15) is 28.7 Å². The van der Waals surface area contributed by atoms with Crippen LogP contribution in [0.25, 0.3) is 11.0 Å². The maximum absolute atomic E-state index is 13.2. The summed E-state index contributed by atoms with van der Waals surface area (Å²) in [5, 5.41) is 3.49. The zero-order chi connectivity index (χ0) is 24.4. The van der Waals surface area contributed by atoms with Crippen molar-refractivity contribution in [1.29, 1.82) is 0 Å². The number of benzene rings is 3. The average Bonchev–Trinajstić information content (AvgIpc) is 3.26. The number of rotatable bonds is 5. The Morgan fingerprint density at radius 3 is 2.49 bits per heavy atom. The van der Waals surface area contributed by atoms with Gasteiger partial charge in [0.2, 0.25) is 5.91 Å². The number of hydrogen-bond donors (Lipinski definition) is 2. The highest BCUT2D eigenvalue weighted by Gasteiger charge is 2.23. The smallest absolute Gasteiger partial charge is 0.254 e. The summed E-state index contributed by atoms with van der Waals surface area (Å²) in [4.78, 5) is 36.5. The number of carbonyl (C=O) groups is 2. The van der Waals surface area contributed by atoms with Crippen LogP contribution in [0, 0.1) is 0 Å². The Kier molecular flexibility index (Phi) is 6.42. The Morgan fingerprint density at radius 2 is 1.77 bits per heavy atom. The van der Waals surface area contributed by atoms with Crippen LogP contribution in [-0.4, -0.2) is 52.9 Å². The van der Waals surface area contributed by atoms with Crippen molar-refractivity contribution in [2.45, 2.75) is 13.3 Å². The van der Waals surface area contributed by atoms with Gasteiger partial charge in [0.05, 0.1) is 11.0 Å². The first kappa shape index (κ1) is 22.9. The molecule has 0 atom stereocenters. The van der Waals surface area contributed by atoms with E-state index >= 15 is 0 Å². The monoisotopic (exact) mass is 487 g/mol. The first-order valence-corrected chi connectivity index (χ1v) is 12.0. The van der Waals surface area contributed by atoms with Gasteiger partial charge in [0.25, 0.3) is 5.91 Å². The first-order valence-electron chi connectivity index (χ1n) is 11.6. The number of piperazine rings is 1. The van der Waals surface area contributed by atoms with Crippen molar-refractivity contribution in [1.82, 2.24) is 14.9 Å². The normalized spacial score (nSPS) is 13.8. The fourth-order valence-electron chi connectivity index (χ4n) is 4.40. The van der Waals surface area contributed by atoms with Crippen LogP contribution in [0.4, 0.5) is 11.4 Å². The number of anilines is 2. The fourth-order valence-corrected chi connectivity index (χ4v) is 4.59. The molecule has 35 heavy (non-hydrogen) atoms. The lowest BCUT2D eigenvalue weighted by Crippen LogP contribution is -2.48. The van der Waals surface area contributed by atoms with Crippen LogP contribution >= 0.6 is 11.6 Å². The summed E-state index contributed by atoms with van der Waals surface area (Å²) >= 11 is 6.13. The molecule has 1 aromatic heterocycles. The molecule has 2 heterocycles. The minimum absolute atomic E-state index is 0.0300. The molecule has 1 saturated heterocycles. The van der Waals surface area contributed by atoms with Crippen molar-refractivity contribution < 1.29 is 9.59 Å². The van der Waals surface area contributed by atoms with Gasteiger partial charge >= 0.3 is 0 Å². The van der Waals surface area contributed by atoms with Crippen LogP contribution in [0.2, 0.25) is 5.02 Å². The first-order chi connectivity index (χ1) is 16.9. The molecule has 2 N–H and O–H groups in total. The molecule has 0 unspecified atom stereocenters. The van der Waals surface area contributed by atoms with Gasteiger partial charge in [-0.1, -0.05) is 29.8 Å². The molecule has 0 radical (unpaired) electrons. The number of carbonyl (C=O) groups excluding carboxylic acids is 2. The van der Waals surface area contributed by atoms with Crippen LogP contribution in [0.3, 0.4) is 0 Å². The minimum atomic E-state index is -0.0941. The fraction of sp³-hybridized carbons (Fsp3) is 0.222. The predicted octanol–water partition coefficient (Wildman–Crippen LogP) is 4.73. The van der Waals surface area contributed by atoms with Crippen molar-refractivity contribution in [2.24, 2.45) is 0 Å². The summed E-state index contributed by atoms with van der Waals surface area (Å²) in [6.45, 7) is 4.34. The lowest BCUT2D eigenvalue weighted by molar-refractivity contribution is -0.114. The van der Waals surface area contributed by atoms with Gasteiger partial charge < -0.3 is 20.1 Å². The maximum Gasteiger partial charge on any atom is 0.254 e. The van der Waals surface area contributed by atoms with Crippen molar-refractivity contribution >= 4 is 45.8 Å². The van der Waals surface area contributed by atoms with Crippen LogP contribution < -0.4 is 10.2 Å². The van der Waals surface area contributed by atoms with E-state index in [1.165, 1.54) is 6.92 Å². The molecule has 0 saturated carbocycles. The molecule has 2 amide bonds. The van der Waals surface area contributed by atoms with Gasteiger partial charge in [-0.25, -0.2) is 4.98 Å². The third-order valence-corrected chi connectivity index (χ3v) is 6.40. The van der Waals surface area contributed by atoms with Crippen LogP contribution in [0.15, 0.2) is 66.7 Å². The van der Waals surface area contributed by atoms with Crippen molar-refractivity contribution in [3.8, 4) is 0 Å². The quantitative estimate of drug-likeness (QED) is 0.426. The summed E-state index contributed by atoms with van der Waals surface area (Å²) < 4.78 is 0. The highest BCUT2D eigenvalue weighted by molar-refractivity contribution is 6.30. The number of fused-ring (bicyclic) bond motifs is 1. The van der Waals surface area contributed by atoms with E-state index in [1.807, 2.05) is 71.6 Å². The lowest BCUT2D eigenvalue weighted by Gasteiger charge is -2.36. The van der Waals surface area contributed by atoms with E-state index in [4.69, 9.17) is 11.6 Å². The number of aromatic nitrogens is 2. The number of aromatic amines is 1. The van der Waals surface area contributed by atoms with Crippen LogP contribution in [0.5, 0.6) is 0 Å². The van der Waals surface area contributed by atoms with Crippen molar-refractivity contribution in [3.63, 3.8) is 0 Å². The van der Waals surface area contributed by atoms with Gasteiger partial charge in [0, 0.05) is 61.5 Å². The van der Waals surface area contributed by atoms with E-state index in [2.05, 4.69) is 20.2 Å². The van der Waals surface area contributed by atoms with Gasteiger partial charge in [-0.15, -0.1) is 0 Å². The van der Waals surface area contributed by atoms with E-state index in [-0.39, 0.29) is 11.8 Å². The number of nitrogens with one attached hydrogen (secondary N) is 2. The SMILES string of the molecule is CC(=O)Nc1ccc(Cc2nc3ccc(C(=O)N4CCN(c5cccc(Cl)c5)CC4)cc3[nH]2)cc1. The number of H-pyrrole nitrogens is 1. The van der Waals surface area contributed by atoms with E-state index in [0.717, 1.165) is 51.9 Å². The third-order valence-electron chi connectivity index (χ3n) is 6.16. The number of hydrogen-bond acceptors (Lipinski definition) is 4. The average molecular weight is 488 g/mol. The second-order valence-corrected chi connectivity index (χ2v) is 9.17. The number of nitrogens with zero attached hydrogens (tertiary/aromatic N) is 3. The molecule has 0 aliphatic carbocycles. The molecule has 1 aliphatic heterocycles. The maximum atomic E-state index is 13.2. The summed E-state index contributed by atoms with van der Waals surface area (Å²) in [7, 11) is 0. The standard InChI is InChI=1S/C27H26ClN5O2/c1-18(34)29-22-8-5-19(6-9-22)15-26-30-24-10-7-20(16-25(24)31-26)27(35)33-13-11-32(12-14-33)23-4-2-3-21(28)17-23/h2-10,16-17H,11-15H2,1H3,(H,29,34)(H,30,31). The van der Waals surface area contributed by atoms with E-state index in [9.17, 15) is 9.59 Å². The van der Waals surface area contributed by atoms with Crippen LogP contribution in [-0.2, 0) is 11.2 Å². The summed E-state index contributed by atoms with van der Waals surface area (Å²) in [5.74, 6) is 0.762. The van der Waals surface area contributed by atoms with E-state index in [1.54, 1.807) is 0 Å². The molecule has 178 valence electrons. The lowest BCUT2D eigenvalue weighted by atomic mass is 10.1. The summed E-state index contributed by atoms with van der Waals surface area (Å²) in [6, 6.07) is 21.1.